The molecule has 0 unspecified atom stereocenters. The van der Waals surface area contributed by atoms with E-state index in [1.54, 1.807) is 7.11 Å². The van der Waals surface area contributed by atoms with Gasteiger partial charge >= 0.3 is 0 Å². The van der Waals surface area contributed by atoms with Gasteiger partial charge in [0.25, 0.3) is 0 Å². The number of ether oxygens (including phenoxy) is 1. The van der Waals surface area contributed by atoms with Crippen molar-refractivity contribution in [3.8, 4) is 5.75 Å². The van der Waals surface area contributed by atoms with Gasteiger partial charge in [0.1, 0.15) is 5.75 Å². The first-order valence-corrected chi connectivity index (χ1v) is 10.3. The average Bonchev–Trinajstić information content (AvgIpc) is 2.73. The Morgan fingerprint density at radius 2 is 1.67 bits per heavy atom. The quantitative estimate of drug-likeness (QED) is 0.716. The number of methoxy groups -OCH3 is 1. The molecule has 1 aliphatic rings. The number of hydrogen-bond donors (Lipinski definition) is 1. The molecule has 3 rings (SSSR count). The maximum Gasteiger partial charge on any atom is 0.118 e. The molecule has 2 atom stereocenters. The Hall–Kier alpha value is -1.84. The van der Waals surface area contributed by atoms with E-state index in [-0.39, 0.29) is 5.92 Å². The summed E-state index contributed by atoms with van der Waals surface area (Å²) < 4.78 is 5.32. The number of piperidine rings is 1. The van der Waals surface area contributed by atoms with Crippen LogP contribution in [0.4, 0.5) is 0 Å². The number of rotatable bonds is 8. The van der Waals surface area contributed by atoms with E-state index >= 15 is 0 Å². The minimum atomic E-state index is -0.889. The summed E-state index contributed by atoms with van der Waals surface area (Å²) in [5.41, 5.74) is 1.31. The van der Waals surface area contributed by atoms with Crippen LogP contribution < -0.4 is 4.74 Å². The highest BCUT2D eigenvalue weighted by Crippen LogP contribution is 2.42. The molecule has 2 aromatic carbocycles. The van der Waals surface area contributed by atoms with Crippen molar-refractivity contribution in [2.45, 2.75) is 50.5 Å². The summed E-state index contributed by atoms with van der Waals surface area (Å²) in [5.74, 6) is 0.870. The lowest BCUT2D eigenvalue weighted by Gasteiger charge is -2.41. The third-order valence-corrected chi connectivity index (χ3v) is 5.89. The summed E-state index contributed by atoms with van der Waals surface area (Å²) in [7, 11) is 1.68. The summed E-state index contributed by atoms with van der Waals surface area (Å²) in [6.07, 6.45) is 5.52. The second-order valence-corrected chi connectivity index (χ2v) is 7.73. The first kappa shape index (κ1) is 19.9. The van der Waals surface area contributed by atoms with Gasteiger partial charge in [0.05, 0.1) is 12.7 Å². The summed E-state index contributed by atoms with van der Waals surface area (Å²) in [6, 6.07) is 18.5. The zero-order chi connectivity index (χ0) is 19.1. The van der Waals surface area contributed by atoms with Gasteiger partial charge in [-0.25, -0.2) is 0 Å². The number of benzene rings is 2. The van der Waals surface area contributed by atoms with Gasteiger partial charge in [-0.3, -0.25) is 0 Å². The lowest BCUT2D eigenvalue weighted by molar-refractivity contribution is -0.0152. The molecular formula is C24H33NO2. The second-order valence-electron chi connectivity index (χ2n) is 7.73. The monoisotopic (exact) mass is 367 g/mol. The van der Waals surface area contributed by atoms with Crippen molar-refractivity contribution >= 4 is 0 Å². The predicted octanol–water partition coefficient (Wildman–Crippen LogP) is 4.95. The van der Waals surface area contributed by atoms with Crippen molar-refractivity contribution < 1.29 is 9.84 Å². The minimum Gasteiger partial charge on any atom is -0.497 e. The molecule has 0 amide bonds. The Morgan fingerprint density at radius 1 is 1.00 bits per heavy atom. The van der Waals surface area contributed by atoms with E-state index in [2.05, 4.69) is 36.1 Å². The molecule has 0 aliphatic carbocycles. The molecule has 1 heterocycles. The van der Waals surface area contributed by atoms with Crippen LogP contribution in [0, 0.1) is 0 Å². The van der Waals surface area contributed by atoms with Crippen molar-refractivity contribution in [3.05, 3.63) is 65.7 Å². The zero-order valence-electron chi connectivity index (χ0n) is 16.7. The summed E-state index contributed by atoms with van der Waals surface area (Å²) >= 11 is 0. The van der Waals surface area contributed by atoms with Crippen LogP contribution in [0.15, 0.2) is 54.6 Å². The number of likely N-dealkylation sites (tertiary alicyclic amines) is 1. The van der Waals surface area contributed by atoms with Gasteiger partial charge in [-0.1, -0.05) is 62.2 Å². The Kier molecular flexibility index (Phi) is 6.92. The van der Waals surface area contributed by atoms with Crippen LogP contribution in [-0.2, 0) is 5.60 Å². The Bertz CT molecular complexity index is 679. The van der Waals surface area contributed by atoms with Crippen LogP contribution in [0.3, 0.4) is 0 Å². The van der Waals surface area contributed by atoms with Crippen molar-refractivity contribution in [2.75, 3.05) is 26.7 Å². The van der Waals surface area contributed by atoms with E-state index in [1.807, 2.05) is 30.3 Å². The lowest BCUT2D eigenvalue weighted by Crippen LogP contribution is -2.42. The molecular weight excluding hydrogens is 334 g/mol. The molecule has 0 saturated carbocycles. The smallest absolute Gasteiger partial charge is 0.118 e. The van der Waals surface area contributed by atoms with E-state index in [0.717, 1.165) is 43.8 Å². The van der Waals surface area contributed by atoms with Gasteiger partial charge in [0, 0.05) is 12.5 Å². The Labute approximate surface area is 164 Å². The third-order valence-electron chi connectivity index (χ3n) is 5.89. The molecule has 1 N–H and O–H groups in total. The molecule has 0 bridgehead atoms. The Morgan fingerprint density at radius 3 is 2.26 bits per heavy atom. The predicted molar refractivity (Wildman–Crippen MR) is 111 cm³/mol. The van der Waals surface area contributed by atoms with Crippen molar-refractivity contribution in [2.24, 2.45) is 0 Å². The largest absolute Gasteiger partial charge is 0.497 e. The van der Waals surface area contributed by atoms with E-state index in [0.29, 0.717) is 0 Å². The molecule has 0 aromatic heterocycles. The highest BCUT2D eigenvalue weighted by Gasteiger charge is 2.39. The summed E-state index contributed by atoms with van der Waals surface area (Å²) in [5, 5.41) is 12.0. The standard InChI is InChI=1S/C24H33NO2/c1-3-16-24(26,21-12-14-22(27-2)15-13-21)23(20-10-6-4-7-11-20)19-25-17-8-5-9-18-25/h4,6-7,10-15,23,26H,3,5,8-9,16-19H2,1-2H3/t23-,24+/m0/s1. The molecule has 1 fully saturated rings. The second kappa shape index (κ2) is 9.38. The SMILES string of the molecule is CCC[C@@](O)(c1ccc(OC)cc1)[C@@H](CN1CCCCC1)c1ccccc1. The zero-order valence-corrected chi connectivity index (χ0v) is 16.7. The maximum atomic E-state index is 12.0. The van der Waals surface area contributed by atoms with Gasteiger partial charge in [-0.15, -0.1) is 0 Å². The molecule has 0 radical (unpaired) electrons. The normalized spacial score (nSPS) is 18.6. The fourth-order valence-corrected chi connectivity index (χ4v) is 4.40. The van der Waals surface area contributed by atoms with Gasteiger partial charge in [0.15, 0.2) is 0 Å². The minimum absolute atomic E-state index is 0.0464. The van der Waals surface area contributed by atoms with Gasteiger partial charge in [0.2, 0.25) is 0 Å². The van der Waals surface area contributed by atoms with Crippen LogP contribution >= 0.6 is 0 Å². The molecule has 146 valence electrons. The molecule has 3 nitrogen and oxygen atoms in total. The number of aliphatic hydroxyl groups is 1. The fourth-order valence-electron chi connectivity index (χ4n) is 4.40. The van der Waals surface area contributed by atoms with Crippen LogP contribution in [-0.4, -0.2) is 36.8 Å². The maximum absolute atomic E-state index is 12.0. The Balaban J connectivity index is 1.98. The number of nitrogens with zero attached hydrogens (tertiary/aromatic N) is 1. The van der Waals surface area contributed by atoms with Crippen molar-refractivity contribution in [1.29, 1.82) is 0 Å². The summed E-state index contributed by atoms with van der Waals surface area (Å²) in [4.78, 5) is 2.53. The number of hydrogen-bond acceptors (Lipinski definition) is 3. The fraction of sp³-hybridized carbons (Fsp3) is 0.500. The van der Waals surface area contributed by atoms with E-state index in [4.69, 9.17) is 4.74 Å². The molecule has 3 heteroatoms. The van der Waals surface area contributed by atoms with Crippen molar-refractivity contribution in [1.82, 2.24) is 4.90 Å². The van der Waals surface area contributed by atoms with Crippen molar-refractivity contribution in [3.63, 3.8) is 0 Å². The highest BCUT2D eigenvalue weighted by molar-refractivity contribution is 5.35. The molecule has 2 aromatic rings. The molecule has 1 saturated heterocycles. The molecule has 1 aliphatic heterocycles. The van der Waals surface area contributed by atoms with E-state index < -0.39 is 5.60 Å². The van der Waals surface area contributed by atoms with Crippen LogP contribution in [0.5, 0.6) is 5.75 Å². The highest BCUT2D eigenvalue weighted by atomic mass is 16.5. The average molecular weight is 368 g/mol. The van der Waals surface area contributed by atoms with E-state index in [1.165, 1.54) is 24.8 Å². The lowest BCUT2D eigenvalue weighted by atomic mass is 9.74. The van der Waals surface area contributed by atoms with Crippen LogP contribution in [0.2, 0.25) is 0 Å². The van der Waals surface area contributed by atoms with Crippen LogP contribution in [0.1, 0.15) is 56.1 Å². The van der Waals surface area contributed by atoms with Gasteiger partial charge in [-0.2, -0.15) is 0 Å². The first-order chi connectivity index (χ1) is 13.2. The van der Waals surface area contributed by atoms with Gasteiger partial charge in [-0.05, 0) is 55.6 Å². The topological polar surface area (TPSA) is 32.7 Å². The molecule has 0 spiro atoms. The third kappa shape index (κ3) is 4.72. The van der Waals surface area contributed by atoms with Crippen LogP contribution in [0.25, 0.3) is 0 Å². The van der Waals surface area contributed by atoms with E-state index in [9.17, 15) is 5.11 Å². The first-order valence-electron chi connectivity index (χ1n) is 10.3. The summed E-state index contributed by atoms with van der Waals surface area (Å²) in [6.45, 7) is 5.31. The molecule has 27 heavy (non-hydrogen) atoms. The van der Waals surface area contributed by atoms with Gasteiger partial charge < -0.3 is 14.7 Å².